The highest BCUT2D eigenvalue weighted by molar-refractivity contribution is 5.87. The van der Waals surface area contributed by atoms with Gasteiger partial charge in [0.1, 0.15) is 0 Å². The molecular weight excluding hydrogens is 478 g/mol. The van der Waals surface area contributed by atoms with Crippen molar-refractivity contribution in [2.24, 2.45) is 5.92 Å². The highest BCUT2D eigenvalue weighted by atomic mass is 16.2. The Bertz CT molecular complexity index is 1360. The Morgan fingerprint density at radius 1 is 1.11 bits per heavy atom. The Labute approximate surface area is 223 Å². The number of fused-ring (bicyclic) bond motifs is 1. The van der Waals surface area contributed by atoms with E-state index in [-0.39, 0.29) is 29.7 Å². The zero-order valence-corrected chi connectivity index (χ0v) is 22.4. The van der Waals surface area contributed by atoms with Crippen LogP contribution in [0.4, 0.5) is 5.95 Å². The third-order valence-corrected chi connectivity index (χ3v) is 7.67. The maximum atomic E-state index is 12.3. The Morgan fingerprint density at radius 3 is 2.50 bits per heavy atom. The molecule has 1 aliphatic heterocycles. The molecule has 2 aliphatic rings. The molecule has 9 nitrogen and oxygen atoms in total. The van der Waals surface area contributed by atoms with E-state index < -0.39 is 0 Å². The van der Waals surface area contributed by atoms with Crippen molar-refractivity contribution in [2.45, 2.75) is 70.6 Å². The van der Waals surface area contributed by atoms with E-state index in [9.17, 15) is 9.59 Å². The van der Waals surface area contributed by atoms with E-state index in [1.807, 2.05) is 13.8 Å². The van der Waals surface area contributed by atoms with Gasteiger partial charge in [0.2, 0.25) is 11.9 Å². The van der Waals surface area contributed by atoms with Crippen LogP contribution in [-0.2, 0) is 4.79 Å². The van der Waals surface area contributed by atoms with E-state index in [1.54, 1.807) is 10.8 Å². The second-order valence-corrected chi connectivity index (χ2v) is 10.9. The molecule has 0 bridgehead atoms. The summed E-state index contributed by atoms with van der Waals surface area (Å²) in [6, 6.07) is 9.28. The molecule has 0 spiro atoms. The van der Waals surface area contributed by atoms with Crippen molar-refractivity contribution in [1.82, 2.24) is 29.7 Å². The van der Waals surface area contributed by atoms with E-state index in [0.717, 1.165) is 42.8 Å². The number of likely N-dealkylation sites (tertiary alicyclic amines) is 1. The molecular formula is C29H37N7O2. The number of carbonyl (C=O) groups excluding carboxylic acids is 1. The summed E-state index contributed by atoms with van der Waals surface area (Å²) in [7, 11) is 0. The summed E-state index contributed by atoms with van der Waals surface area (Å²) in [6.45, 7) is 11.4. The minimum absolute atomic E-state index is 0.0188. The molecule has 1 saturated carbocycles. The first-order valence-electron chi connectivity index (χ1n) is 13.6. The maximum absolute atomic E-state index is 12.3. The van der Waals surface area contributed by atoms with Gasteiger partial charge >= 0.3 is 5.69 Å². The minimum Gasteiger partial charge on any atom is -0.349 e. The summed E-state index contributed by atoms with van der Waals surface area (Å²) >= 11 is 0. The van der Waals surface area contributed by atoms with Gasteiger partial charge in [0.15, 0.2) is 5.65 Å². The van der Waals surface area contributed by atoms with Gasteiger partial charge in [-0.2, -0.15) is 4.98 Å². The van der Waals surface area contributed by atoms with Crippen molar-refractivity contribution < 1.29 is 4.79 Å². The smallest absolute Gasteiger partial charge is 0.349 e. The molecule has 200 valence electrons. The van der Waals surface area contributed by atoms with E-state index in [4.69, 9.17) is 0 Å². The number of nitrogens with one attached hydrogen (secondary N) is 2. The van der Waals surface area contributed by atoms with Gasteiger partial charge < -0.3 is 10.6 Å². The van der Waals surface area contributed by atoms with E-state index in [2.05, 4.69) is 68.3 Å². The fraction of sp³-hybridized carbons (Fsp3) is 0.483. The van der Waals surface area contributed by atoms with Crippen molar-refractivity contribution in [1.29, 1.82) is 0 Å². The van der Waals surface area contributed by atoms with Gasteiger partial charge in [0, 0.05) is 43.6 Å². The van der Waals surface area contributed by atoms with Crippen LogP contribution in [0.1, 0.15) is 75.7 Å². The van der Waals surface area contributed by atoms with Gasteiger partial charge in [0.25, 0.3) is 0 Å². The number of aromatic nitrogens is 4. The van der Waals surface area contributed by atoms with E-state index in [1.165, 1.54) is 30.7 Å². The number of anilines is 1. The van der Waals surface area contributed by atoms with Crippen LogP contribution in [0.5, 0.6) is 0 Å². The summed E-state index contributed by atoms with van der Waals surface area (Å²) in [5, 5.41) is 7.19. The van der Waals surface area contributed by atoms with Crippen LogP contribution in [0, 0.1) is 5.92 Å². The molecule has 1 unspecified atom stereocenters. The number of hydrogen-bond acceptors (Lipinski definition) is 7. The van der Waals surface area contributed by atoms with Crippen molar-refractivity contribution in [3.05, 3.63) is 70.9 Å². The Hall–Kier alpha value is -3.59. The predicted molar refractivity (Wildman–Crippen MR) is 149 cm³/mol. The molecule has 2 fully saturated rings. The summed E-state index contributed by atoms with van der Waals surface area (Å²) in [6.07, 6.45) is 9.32. The molecule has 3 heterocycles. The zero-order chi connectivity index (χ0) is 26.8. The third-order valence-electron chi connectivity index (χ3n) is 7.67. The van der Waals surface area contributed by atoms with Crippen LogP contribution in [-0.4, -0.2) is 49.5 Å². The molecule has 0 radical (unpaired) electrons. The largest absolute Gasteiger partial charge is 0.349 e. The van der Waals surface area contributed by atoms with Crippen molar-refractivity contribution in [3.8, 4) is 0 Å². The molecule has 9 heteroatoms. The lowest BCUT2D eigenvalue weighted by molar-refractivity contribution is -0.117. The first-order valence-corrected chi connectivity index (χ1v) is 13.6. The second-order valence-electron chi connectivity index (χ2n) is 10.9. The van der Waals surface area contributed by atoms with E-state index >= 15 is 0 Å². The molecule has 3 atom stereocenters. The molecule has 2 aromatic heterocycles. The molecule has 1 aliphatic carbocycles. The number of benzene rings is 1. The Kier molecular flexibility index (Phi) is 7.56. The van der Waals surface area contributed by atoms with Crippen LogP contribution in [0.25, 0.3) is 11.0 Å². The lowest BCUT2D eigenvalue weighted by Gasteiger charge is -2.29. The monoisotopic (exact) mass is 515 g/mol. The van der Waals surface area contributed by atoms with Gasteiger partial charge in [-0.1, -0.05) is 43.7 Å². The molecule has 1 amide bonds. The topological polar surface area (TPSA) is 105 Å². The fourth-order valence-corrected chi connectivity index (χ4v) is 5.38. The highest BCUT2D eigenvalue weighted by Crippen LogP contribution is 2.41. The molecule has 1 saturated heterocycles. The predicted octanol–water partition coefficient (Wildman–Crippen LogP) is 4.16. The highest BCUT2D eigenvalue weighted by Gasteiger charge is 2.34. The average molecular weight is 516 g/mol. The quantitative estimate of drug-likeness (QED) is 0.391. The van der Waals surface area contributed by atoms with Crippen LogP contribution in [0.2, 0.25) is 0 Å². The fourth-order valence-electron chi connectivity index (χ4n) is 5.38. The number of carbonyl (C=O) groups is 1. The lowest BCUT2D eigenvalue weighted by Crippen LogP contribution is -2.37. The molecule has 38 heavy (non-hydrogen) atoms. The van der Waals surface area contributed by atoms with Gasteiger partial charge in [-0.3, -0.25) is 14.3 Å². The van der Waals surface area contributed by atoms with Crippen LogP contribution >= 0.6 is 0 Å². The first-order chi connectivity index (χ1) is 18.3. The van der Waals surface area contributed by atoms with Gasteiger partial charge in [-0.15, -0.1) is 0 Å². The van der Waals surface area contributed by atoms with Crippen molar-refractivity contribution >= 4 is 22.9 Å². The lowest BCUT2D eigenvalue weighted by atomic mass is 9.97. The zero-order valence-electron chi connectivity index (χ0n) is 22.4. The number of nitrogens with zero attached hydrogens (tertiary/aromatic N) is 5. The van der Waals surface area contributed by atoms with Crippen molar-refractivity contribution in [2.75, 3.05) is 18.4 Å². The average Bonchev–Trinajstić information content (AvgIpc) is 3.62. The van der Waals surface area contributed by atoms with Crippen molar-refractivity contribution in [3.63, 3.8) is 0 Å². The Morgan fingerprint density at radius 2 is 1.82 bits per heavy atom. The first kappa shape index (κ1) is 26.0. The SMILES string of the molecule is C=CC(=O)N[C@H]1CCN(C(CC2CC2)c2ccc([C@H](C)Nc3ncc4cnc(=O)n(C(C)C)c4n3)cc2)C1. The normalized spacial score (nSPS) is 19.4. The second kappa shape index (κ2) is 11.0. The number of rotatable bonds is 10. The van der Waals surface area contributed by atoms with Crippen LogP contribution in [0.15, 0.2) is 54.1 Å². The minimum atomic E-state index is -0.311. The van der Waals surface area contributed by atoms with Gasteiger partial charge in [-0.05, 0) is 56.7 Å². The number of hydrogen-bond donors (Lipinski definition) is 2. The standard InChI is InChI=1S/C29H37N7O2/c1-5-26(37)33-24-12-13-35(17-24)25(14-20-6-7-20)22-10-8-21(9-11-22)19(4)32-28-30-15-23-16-31-29(38)36(18(2)3)27(23)34-28/h5,8-11,15-16,18-20,24-25H,1,6-7,12-14,17H2,2-4H3,(H,33,37)(H,30,32,34)/t19-,24-,25?/m0/s1. The summed E-state index contributed by atoms with van der Waals surface area (Å²) < 4.78 is 1.59. The molecule has 3 aromatic rings. The van der Waals surface area contributed by atoms with Gasteiger partial charge in [0.05, 0.1) is 11.4 Å². The van der Waals surface area contributed by atoms with Gasteiger partial charge in [-0.25, -0.2) is 14.8 Å². The van der Waals surface area contributed by atoms with Crippen LogP contribution < -0.4 is 16.3 Å². The third kappa shape index (κ3) is 5.78. The summed E-state index contributed by atoms with van der Waals surface area (Å²) in [5.74, 6) is 1.18. The Balaban J connectivity index is 1.30. The van der Waals surface area contributed by atoms with E-state index in [0.29, 0.717) is 17.6 Å². The maximum Gasteiger partial charge on any atom is 0.349 e. The molecule has 5 rings (SSSR count). The summed E-state index contributed by atoms with van der Waals surface area (Å²) in [5.41, 5.74) is 2.72. The molecule has 1 aromatic carbocycles. The summed E-state index contributed by atoms with van der Waals surface area (Å²) in [4.78, 5) is 39.7. The number of amides is 1. The molecule has 2 N–H and O–H groups in total. The van der Waals surface area contributed by atoms with Crippen LogP contribution in [0.3, 0.4) is 0 Å².